The summed E-state index contributed by atoms with van der Waals surface area (Å²) in [5.41, 5.74) is 0.962. The second-order valence-corrected chi connectivity index (χ2v) is 10.4. The minimum absolute atomic E-state index is 0.170. The van der Waals surface area contributed by atoms with Gasteiger partial charge in [0.25, 0.3) is 0 Å². The molecule has 0 radical (unpaired) electrons. The van der Waals surface area contributed by atoms with E-state index in [4.69, 9.17) is 27.9 Å². The first-order chi connectivity index (χ1) is 15.1. The third-order valence-electron chi connectivity index (χ3n) is 4.45. The molecule has 12 heteroatoms. The van der Waals surface area contributed by atoms with Crippen LogP contribution in [0.2, 0.25) is 10.0 Å². The van der Waals surface area contributed by atoms with Gasteiger partial charge in [-0.3, -0.25) is 14.4 Å². The van der Waals surface area contributed by atoms with E-state index < -0.39 is 22.0 Å². The third-order valence-corrected chi connectivity index (χ3v) is 6.99. The summed E-state index contributed by atoms with van der Waals surface area (Å²) in [7, 11) is -2.46. The second-order valence-electron chi connectivity index (χ2n) is 6.71. The highest BCUT2D eigenvalue weighted by Gasteiger charge is 2.34. The molecule has 3 aromatic rings. The third kappa shape index (κ3) is 5.50. The Balaban J connectivity index is 1.91. The molecule has 0 aliphatic rings. The molecular weight excluding hydrogens is 495 g/mol. The van der Waals surface area contributed by atoms with E-state index in [1.165, 1.54) is 13.2 Å². The lowest BCUT2D eigenvalue weighted by Crippen LogP contribution is -2.47. The molecule has 1 N–H and O–H groups in total. The van der Waals surface area contributed by atoms with Gasteiger partial charge in [0.2, 0.25) is 21.1 Å². The van der Waals surface area contributed by atoms with Gasteiger partial charge in [0, 0.05) is 15.6 Å². The van der Waals surface area contributed by atoms with Crippen LogP contribution in [0.25, 0.3) is 10.6 Å². The zero-order valence-corrected chi connectivity index (χ0v) is 20.5. The summed E-state index contributed by atoms with van der Waals surface area (Å²) in [6, 6.07) is 10.5. The summed E-state index contributed by atoms with van der Waals surface area (Å²) in [5, 5.41) is 12.5. The van der Waals surface area contributed by atoms with Gasteiger partial charge in [0.1, 0.15) is 16.8 Å². The molecule has 0 saturated heterocycles. The molecule has 0 fully saturated rings. The predicted octanol–water partition coefficient (Wildman–Crippen LogP) is 4.70. The highest BCUT2D eigenvalue weighted by Crippen LogP contribution is 2.35. The Morgan fingerprint density at radius 1 is 1.16 bits per heavy atom. The fourth-order valence-electron chi connectivity index (χ4n) is 3.04. The maximum atomic E-state index is 13.1. The van der Waals surface area contributed by atoms with Gasteiger partial charge in [0.05, 0.1) is 19.1 Å². The Morgan fingerprint density at radius 3 is 2.41 bits per heavy atom. The molecule has 0 aliphatic carbocycles. The number of carbonyl (C=O) groups is 1. The number of methoxy groups -OCH3 is 1. The van der Waals surface area contributed by atoms with E-state index in [1.807, 2.05) is 0 Å². The Labute approximate surface area is 200 Å². The molecule has 1 amide bonds. The van der Waals surface area contributed by atoms with Crippen molar-refractivity contribution >= 4 is 61.3 Å². The van der Waals surface area contributed by atoms with Crippen LogP contribution in [0.5, 0.6) is 5.75 Å². The van der Waals surface area contributed by atoms with Crippen molar-refractivity contribution < 1.29 is 17.9 Å². The summed E-state index contributed by atoms with van der Waals surface area (Å²) in [4.78, 5) is 13.1. The number of ether oxygens (including phenoxy) is 1. The van der Waals surface area contributed by atoms with Crippen molar-refractivity contribution in [2.45, 2.75) is 19.4 Å². The average Bonchev–Trinajstić information content (AvgIpc) is 3.19. The Hall–Kier alpha value is -2.40. The minimum atomic E-state index is -3.87. The molecule has 1 aromatic heterocycles. The summed E-state index contributed by atoms with van der Waals surface area (Å²) in [6.45, 7) is 1.71. The zero-order chi connectivity index (χ0) is 23.5. The van der Waals surface area contributed by atoms with Gasteiger partial charge < -0.3 is 4.74 Å². The fourth-order valence-corrected chi connectivity index (χ4v) is 5.29. The van der Waals surface area contributed by atoms with Gasteiger partial charge >= 0.3 is 0 Å². The van der Waals surface area contributed by atoms with Gasteiger partial charge in [-0.1, -0.05) is 53.6 Å². The monoisotopic (exact) mass is 514 g/mol. The summed E-state index contributed by atoms with van der Waals surface area (Å²) < 4.78 is 31.7. The first kappa shape index (κ1) is 24.2. The average molecular weight is 515 g/mol. The number of anilines is 2. The SMILES string of the molecule is CCC(C(=O)Nc1nnc(-c2ccc(Cl)cc2)s1)N(c1cc(Cl)ccc1OC)S(C)(=O)=O. The van der Waals surface area contributed by atoms with E-state index in [0.717, 1.165) is 27.5 Å². The van der Waals surface area contributed by atoms with Crippen LogP contribution in [0.1, 0.15) is 13.3 Å². The molecule has 1 unspecified atom stereocenters. The van der Waals surface area contributed by atoms with Gasteiger partial charge in [-0.25, -0.2) is 8.42 Å². The quantitative estimate of drug-likeness (QED) is 0.467. The number of nitrogens with one attached hydrogen (secondary N) is 1. The molecule has 0 aliphatic heterocycles. The minimum Gasteiger partial charge on any atom is -0.495 e. The fraction of sp³-hybridized carbons (Fsp3) is 0.250. The number of benzene rings is 2. The van der Waals surface area contributed by atoms with E-state index in [-0.39, 0.29) is 23.0 Å². The number of halogens is 2. The Kier molecular flexibility index (Phi) is 7.60. The number of aromatic nitrogens is 2. The van der Waals surface area contributed by atoms with Crippen LogP contribution < -0.4 is 14.4 Å². The van der Waals surface area contributed by atoms with Crippen molar-refractivity contribution in [2.75, 3.05) is 23.0 Å². The molecule has 1 atom stereocenters. The normalized spacial score (nSPS) is 12.3. The van der Waals surface area contributed by atoms with Crippen LogP contribution in [0.15, 0.2) is 42.5 Å². The molecule has 32 heavy (non-hydrogen) atoms. The maximum Gasteiger partial charge on any atom is 0.250 e. The smallest absolute Gasteiger partial charge is 0.250 e. The van der Waals surface area contributed by atoms with Crippen molar-refractivity contribution in [3.05, 3.63) is 52.5 Å². The van der Waals surface area contributed by atoms with Crippen molar-refractivity contribution in [2.24, 2.45) is 0 Å². The first-order valence-electron chi connectivity index (χ1n) is 9.37. The number of carbonyl (C=O) groups excluding carboxylic acids is 1. The lowest BCUT2D eigenvalue weighted by molar-refractivity contribution is -0.117. The van der Waals surface area contributed by atoms with E-state index in [2.05, 4.69) is 15.5 Å². The number of rotatable bonds is 8. The predicted molar refractivity (Wildman–Crippen MR) is 128 cm³/mol. The molecule has 0 spiro atoms. The van der Waals surface area contributed by atoms with Crippen molar-refractivity contribution in [3.8, 4) is 16.3 Å². The van der Waals surface area contributed by atoms with Crippen molar-refractivity contribution in [1.29, 1.82) is 0 Å². The van der Waals surface area contributed by atoms with Crippen LogP contribution in [-0.4, -0.2) is 43.9 Å². The van der Waals surface area contributed by atoms with Crippen LogP contribution in [-0.2, 0) is 14.8 Å². The van der Waals surface area contributed by atoms with Gasteiger partial charge in [-0.15, -0.1) is 10.2 Å². The Morgan fingerprint density at radius 2 is 1.81 bits per heavy atom. The molecule has 0 bridgehead atoms. The van der Waals surface area contributed by atoms with Gasteiger partial charge in [-0.2, -0.15) is 0 Å². The largest absolute Gasteiger partial charge is 0.495 e. The Bertz CT molecular complexity index is 1220. The number of hydrogen-bond acceptors (Lipinski definition) is 7. The lowest BCUT2D eigenvalue weighted by atomic mass is 10.2. The number of nitrogens with zero attached hydrogens (tertiary/aromatic N) is 3. The highest BCUT2D eigenvalue weighted by molar-refractivity contribution is 7.92. The van der Waals surface area contributed by atoms with Crippen LogP contribution in [0, 0.1) is 0 Å². The summed E-state index contributed by atoms with van der Waals surface area (Å²) in [5.74, 6) is -0.286. The molecule has 2 aromatic carbocycles. The van der Waals surface area contributed by atoms with Gasteiger partial charge in [-0.05, 0) is 36.8 Å². The molecule has 1 heterocycles. The van der Waals surface area contributed by atoms with Crippen LogP contribution in [0.3, 0.4) is 0 Å². The summed E-state index contributed by atoms with van der Waals surface area (Å²) >= 11 is 13.2. The van der Waals surface area contributed by atoms with Crippen molar-refractivity contribution in [1.82, 2.24) is 10.2 Å². The second kappa shape index (κ2) is 10.0. The first-order valence-corrected chi connectivity index (χ1v) is 12.8. The van der Waals surface area contributed by atoms with E-state index in [9.17, 15) is 13.2 Å². The van der Waals surface area contributed by atoms with E-state index >= 15 is 0 Å². The standard InChI is InChI=1S/C20H20Cl2N4O4S2/c1-4-15(26(32(3,28)29)16-11-14(22)9-10-17(16)30-2)18(27)23-20-25-24-19(31-20)12-5-7-13(21)8-6-12/h5-11,15H,4H2,1-3H3,(H,23,25,27). The van der Waals surface area contributed by atoms with Gasteiger partial charge in [0.15, 0.2) is 0 Å². The lowest BCUT2D eigenvalue weighted by Gasteiger charge is -2.30. The molecule has 3 rings (SSSR count). The maximum absolute atomic E-state index is 13.1. The molecule has 170 valence electrons. The molecular formula is C20H20Cl2N4O4S2. The highest BCUT2D eigenvalue weighted by atomic mass is 35.5. The topological polar surface area (TPSA) is 101 Å². The van der Waals surface area contributed by atoms with Crippen molar-refractivity contribution in [3.63, 3.8) is 0 Å². The number of sulfonamides is 1. The zero-order valence-electron chi connectivity index (χ0n) is 17.4. The van der Waals surface area contributed by atoms with Crippen LogP contribution >= 0.6 is 34.5 Å². The van der Waals surface area contributed by atoms with E-state index in [1.54, 1.807) is 43.3 Å². The van der Waals surface area contributed by atoms with E-state index in [0.29, 0.717) is 15.1 Å². The summed E-state index contributed by atoms with van der Waals surface area (Å²) in [6.07, 6.45) is 1.21. The molecule has 8 nitrogen and oxygen atoms in total. The number of hydrogen-bond donors (Lipinski definition) is 1. The number of amides is 1. The molecule has 0 saturated carbocycles. The van der Waals surface area contributed by atoms with Crippen LogP contribution in [0.4, 0.5) is 10.8 Å².